The van der Waals surface area contributed by atoms with Crippen molar-refractivity contribution in [3.63, 3.8) is 0 Å². The molecule has 0 aliphatic rings. The number of aryl methyl sites for hydroxylation is 1. The Kier molecular flexibility index (Phi) is 6.03. The maximum Gasteiger partial charge on any atom is 0.251 e. The summed E-state index contributed by atoms with van der Waals surface area (Å²) in [7, 11) is -3.33. The third-order valence-corrected chi connectivity index (χ3v) is 4.02. The lowest BCUT2D eigenvalue weighted by molar-refractivity contribution is 0.0926. The molecular formula is C18H22N2O4S. The summed E-state index contributed by atoms with van der Waals surface area (Å²) in [5.41, 5.74) is 1.90. The van der Waals surface area contributed by atoms with E-state index in [-0.39, 0.29) is 11.9 Å². The van der Waals surface area contributed by atoms with Gasteiger partial charge in [0.25, 0.3) is 5.91 Å². The molecule has 2 N–H and O–H groups in total. The molecule has 2 aromatic rings. The number of para-hydroxylation sites is 1. The molecule has 2 aromatic carbocycles. The van der Waals surface area contributed by atoms with E-state index >= 15 is 0 Å². The van der Waals surface area contributed by atoms with Crippen molar-refractivity contribution in [1.82, 2.24) is 5.32 Å². The van der Waals surface area contributed by atoms with Crippen LogP contribution in [0.2, 0.25) is 0 Å². The van der Waals surface area contributed by atoms with E-state index in [2.05, 4.69) is 10.0 Å². The van der Waals surface area contributed by atoms with Crippen LogP contribution in [-0.4, -0.2) is 33.2 Å². The number of hydrogen-bond donors (Lipinski definition) is 2. The van der Waals surface area contributed by atoms with E-state index in [0.29, 0.717) is 17.9 Å². The molecule has 6 nitrogen and oxygen atoms in total. The van der Waals surface area contributed by atoms with Crippen molar-refractivity contribution in [2.75, 3.05) is 17.6 Å². The average molecular weight is 362 g/mol. The van der Waals surface area contributed by atoms with Crippen LogP contribution in [0.3, 0.4) is 0 Å². The predicted octanol–water partition coefficient (Wildman–Crippen LogP) is 2.56. The Bertz CT molecular complexity index is 832. The second-order valence-corrected chi connectivity index (χ2v) is 7.65. The molecule has 1 atom stereocenters. The minimum absolute atomic E-state index is 0.180. The molecule has 0 aliphatic carbocycles. The second-order valence-electron chi connectivity index (χ2n) is 5.90. The summed E-state index contributed by atoms with van der Waals surface area (Å²) >= 11 is 0. The fourth-order valence-electron chi connectivity index (χ4n) is 2.19. The highest BCUT2D eigenvalue weighted by Gasteiger charge is 2.11. The van der Waals surface area contributed by atoms with E-state index in [1.54, 1.807) is 24.3 Å². The Hall–Kier alpha value is -2.54. The van der Waals surface area contributed by atoms with Gasteiger partial charge in [-0.15, -0.1) is 0 Å². The van der Waals surface area contributed by atoms with E-state index in [1.807, 2.05) is 38.1 Å². The monoisotopic (exact) mass is 362 g/mol. The van der Waals surface area contributed by atoms with Crippen LogP contribution in [0.5, 0.6) is 5.75 Å². The van der Waals surface area contributed by atoms with Gasteiger partial charge in [-0.3, -0.25) is 9.52 Å². The van der Waals surface area contributed by atoms with Gasteiger partial charge in [0.05, 0.1) is 12.3 Å². The number of sulfonamides is 1. The molecule has 0 saturated heterocycles. The Morgan fingerprint density at radius 3 is 2.36 bits per heavy atom. The normalized spacial score (nSPS) is 12.3. The zero-order valence-electron chi connectivity index (χ0n) is 14.4. The molecule has 0 aliphatic heterocycles. The Morgan fingerprint density at radius 2 is 1.76 bits per heavy atom. The number of hydrogen-bond acceptors (Lipinski definition) is 4. The van der Waals surface area contributed by atoms with Crippen molar-refractivity contribution < 1.29 is 17.9 Å². The maximum absolute atomic E-state index is 12.2. The zero-order chi connectivity index (χ0) is 18.4. The van der Waals surface area contributed by atoms with Crippen molar-refractivity contribution in [2.24, 2.45) is 0 Å². The lowest BCUT2D eigenvalue weighted by Gasteiger charge is -2.16. The fraction of sp³-hybridized carbons (Fsp3) is 0.278. The van der Waals surface area contributed by atoms with Crippen LogP contribution in [0.25, 0.3) is 0 Å². The molecule has 0 unspecified atom stereocenters. The van der Waals surface area contributed by atoms with Crippen molar-refractivity contribution in [3.8, 4) is 5.75 Å². The van der Waals surface area contributed by atoms with Gasteiger partial charge in [0.1, 0.15) is 12.4 Å². The zero-order valence-corrected chi connectivity index (χ0v) is 15.3. The largest absolute Gasteiger partial charge is 0.491 e. The number of ether oxygens (including phenoxy) is 1. The third kappa shape index (κ3) is 6.11. The lowest BCUT2D eigenvalue weighted by Crippen LogP contribution is -2.36. The van der Waals surface area contributed by atoms with Gasteiger partial charge >= 0.3 is 0 Å². The molecular weight excluding hydrogens is 340 g/mol. The third-order valence-electron chi connectivity index (χ3n) is 3.41. The molecule has 7 heteroatoms. The van der Waals surface area contributed by atoms with Crippen molar-refractivity contribution in [2.45, 2.75) is 19.9 Å². The van der Waals surface area contributed by atoms with E-state index < -0.39 is 10.0 Å². The van der Waals surface area contributed by atoms with Gasteiger partial charge in [-0.2, -0.15) is 0 Å². The van der Waals surface area contributed by atoms with Gasteiger partial charge in [0, 0.05) is 11.3 Å². The van der Waals surface area contributed by atoms with Crippen LogP contribution >= 0.6 is 0 Å². The first-order chi connectivity index (χ1) is 11.7. The molecule has 1 amide bonds. The van der Waals surface area contributed by atoms with E-state index in [1.165, 1.54) is 0 Å². The highest BCUT2D eigenvalue weighted by molar-refractivity contribution is 7.92. The Labute approximate surface area is 148 Å². The van der Waals surface area contributed by atoms with Crippen LogP contribution in [0.15, 0.2) is 48.5 Å². The lowest BCUT2D eigenvalue weighted by atomic mass is 10.2. The summed E-state index contributed by atoms with van der Waals surface area (Å²) in [5, 5.41) is 2.85. The molecule has 134 valence electrons. The molecule has 0 aromatic heterocycles. The van der Waals surface area contributed by atoms with Crippen molar-refractivity contribution in [1.29, 1.82) is 0 Å². The number of nitrogens with one attached hydrogen (secondary N) is 2. The molecule has 0 saturated carbocycles. The van der Waals surface area contributed by atoms with Crippen LogP contribution < -0.4 is 14.8 Å². The second kappa shape index (κ2) is 8.02. The molecule has 0 heterocycles. The van der Waals surface area contributed by atoms with Crippen LogP contribution in [0.1, 0.15) is 22.8 Å². The minimum atomic E-state index is -3.33. The number of anilines is 1. The fourth-order valence-corrected chi connectivity index (χ4v) is 2.75. The van der Waals surface area contributed by atoms with Gasteiger partial charge in [0.15, 0.2) is 0 Å². The van der Waals surface area contributed by atoms with Crippen molar-refractivity contribution in [3.05, 3.63) is 59.7 Å². The smallest absolute Gasteiger partial charge is 0.251 e. The summed E-state index contributed by atoms with van der Waals surface area (Å²) < 4.78 is 30.4. The SMILES string of the molecule is Cc1ccccc1OC[C@@H](C)NC(=O)c1ccc(NS(C)(=O)=O)cc1. The van der Waals surface area contributed by atoms with E-state index in [9.17, 15) is 13.2 Å². The van der Waals surface area contributed by atoms with Crippen LogP contribution in [-0.2, 0) is 10.0 Å². The number of carbonyl (C=O) groups excluding carboxylic acids is 1. The highest BCUT2D eigenvalue weighted by Crippen LogP contribution is 2.16. The number of amides is 1. The summed E-state index contributed by atoms with van der Waals surface area (Å²) in [6.45, 7) is 4.17. The number of benzene rings is 2. The first kappa shape index (κ1) is 18.8. The average Bonchev–Trinajstić information content (AvgIpc) is 2.53. The molecule has 2 rings (SSSR count). The van der Waals surface area contributed by atoms with Gasteiger partial charge in [-0.1, -0.05) is 18.2 Å². The minimum Gasteiger partial charge on any atom is -0.491 e. The van der Waals surface area contributed by atoms with Gasteiger partial charge in [-0.05, 0) is 49.7 Å². The highest BCUT2D eigenvalue weighted by atomic mass is 32.2. The quantitative estimate of drug-likeness (QED) is 0.793. The topological polar surface area (TPSA) is 84.5 Å². The van der Waals surface area contributed by atoms with Gasteiger partial charge in [-0.25, -0.2) is 8.42 Å². The predicted molar refractivity (Wildman–Crippen MR) is 98.5 cm³/mol. The summed E-state index contributed by atoms with van der Waals surface area (Å²) in [5.74, 6) is 0.548. The van der Waals surface area contributed by atoms with E-state index in [4.69, 9.17) is 4.74 Å². The summed E-state index contributed by atoms with van der Waals surface area (Å²) in [6, 6.07) is 13.7. The Morgan fingerprint density at radius 1 is 1.12 bits per heavy atom. The number of carbonyl (C=O) groups is 1. The summed E-state index contributed by atoms with van der Waals surface area (Å²) in [6.07, 6.45) is 1.07. The Balaban J connectivity index is 1.89. The molecule has 0 bridgehead atoms. The van der Waals surface area contributed by atoms with Gasteiger partial charge < -0.3 is 10.1 Å². The van der Waals surface area contributed by atoms with Crippen LogP contribution in [0, 0.1) is 6.92 Å². The first-order valence-electron chi connectivity index (χ1n) is 7.82. The molecule has 25 heavy (non-hydrogen) atoms. The maximum atomic E-state index is 12.2. The summed E-state index contributed by atoms with van der Waals surface area (Å²) in [4.78, 5) is 12.2. The molecule has 0 radical (unpaired) electrons. The van der Waals surface area contributed by atoms with Gasteiger partial charge in [0.2, 0.25) is 10.0 Å². The molecule has 0 fully saturated rings. The van der Waals surface area contributed by atoms with E-state index in [0.717, 1.165) is 17.6 Å². The van der Waals surface area contributed by atoms with Crippen molar-refractivity contribution >= 4 is 21.6 Å². The standard InChI is InChI=1S/C18H22N2O4S/c1-13-6-4-5-7-17(13)24-12-14(2)19-18(21)15-8-10-16(11-9-15)20-25(3,22)23/h4-11,14,20H,12H2,1-3H3,(H,19,21)/t14-/m1/s1. The molecule has 0 spiro atoms. The van der Waals surface area contributed by atoms with Crippen LogP contribution in [0.4, 0.5) is 5.69 Å². The number of rotatable bonds is 7. The first-order valence-corrected chi connectivity index (χ1v) is 9.71.